The van der Waals surface area contributed by atoms with Gasteiger partial charge in [-0.1, -0.05) is 23.7 Å². The largest absolute Gasteiger partial charge is 0.493 e. The van der Waals surface area contributed by atoms with Gasteiger partial charge in [-0.2, -0.15) is 5.10 Å². The summed E-state index contributed by atoms with van der Waals surface area (Å²) < 4.78 is 11.5. The van der Waals surface area contributed by atoms with Gasteiger partial charge in [-0.05, 0) is 82.8 Å². The van der Waals surface area contributed by atoms with Crippen LogP contribution < -0.4 is 14.9 Å². The number of hydrogen-bond donors (Lipinski definition) is 1. The maximum Gasteiger partial charge on any atom is 0.343 e. The van der Waals surface area contributed by atoms with Crippen LogP contribution in [0.25, 0.3) is 0 Å². The molecule has 0 spiro atoms. The molecule has 30 heavy (non-hydrogen) atoms. The second-order valence-electron chi connectivity index (χ2n) is 5.99. The molecule has 0 aliphatic carbocycles. The molecule has 3 rings (SSSR count). The number of rotatable bonds is 6. The van der Waals surface area contributed by atoms with Gasteiger partial charge in [0.25, 0.3) is 5.91 Å². The van der Waals surface area contributed by atoms with Crippen molar-refractivity contribution in [1.82, 2.24) is 5.43 Å². The molecule has 1 amide bonds. The molecule has 0 saturated carbocycles. The van der Waals surface area contributed by atoms with Crippen molar-refractivity contribution in [2.75, 3.05) is 7.11 Å². The molecule has 0 atom stereocenters. The Hall–Kier alpha value is -2.91. The zero-order valence-corrected chi connectivity index (χ0v) is 18.7. The topological polar surface area (TPSA) is 77.0 Å². The van der Waals surface area contributed by atoms with Gasteiger partial charge in [0.2, 0.25) is 0 Å². The van der Waals surface area contributed by atoms with Crippen molar-refractivity contribution in [3.8, 4) is 11.5 Å². The van der Waals surface area contributed by atoms with Crippen molar-refractivity contribution in [3.63, 3.8) is 0 Å². The van der Waals surface area contributed by atoms with Crippen molar-refractivity contribution in [3.05, 3.63) is 92.0 Å². The number of benzene rings is 3. The number of amides is 1. The van der Waals surface area contributed by atoms with Crippen LogP contribution in [0, 0.1) is 3.57 Å². The van der Waals surface area contributed by atoms with Crippen molar-refractivity contribution in [1.29, 1.82) is 0 Å². The predicted molar refractivity (Wildman–Crippen MR) is 124 cm³/mol. The summed E-state index contributed by atoms with van der Waals surface area (Å²) in [6.07, 6.45) is 1.47. The third-order valence-corrected chi connectivity index (χ3v) is 5.16. The van der Waals surface area contributed by atoms with Crippen LogP contribution >= 0.6 is 34.2 Å². The maximum absolute atomic E-state index is 12.3. The van der Waals surface area contributed by atoms with Crippen LogP contribution in [-0.2, 0) is 0 Å². The van der Waals surface area contributed by atoms with Crippen molar-refractivity contribution in [2.45, 2.75) is 0 Å². The first-order valence-electron chi connectivity index (χ1n) is 8.71. The number of carbonyl (C=O) groups excluding carboxylic acids is 2. The van der Waals surface area contributed by atoms with E-state index in [1.54, 1.807) is 54.6 Å². The highest BCUT2D eigenvalue weighted by Crippen LogP contribution is 2.28. The number of hydrazone groups is 1. The van der Waals surface area contributed by atoms with Crippen LogP contribution in [0.15, 0.2) is 71.8 Å². The normalized spacial score (nSPS) is 10.6. The highest BCUT2D eigenvalue weighted by molar-refractivity contribution is 14.1. The van der Waals surface area contributed by atoms with Gasteiger partial charge in [0.15, 0.2) is 11.5 Å². The molecule has 3 aromatic carbocycles. The monoisotopic (exact) mass is 534 g/mol. The Labute approximate surface area is 192 Å². The zero-order chi connectivity index (χ0) is 21.5. The average molecular weight is 535 g/mol. The van der Waals surface area contributed by atoms with Gasteiger partial charge in [0.05, 0.1) is 24.5 Å². The minimum absolute atomic E-state index is 0.262. The SMILES string of the molecule is COc1cc(/C=N\NC(=O)c2ccccc2I)ccc1OC(=O)c1ccc(Cl)cc1. The Balaban J connectivity index is 1.68. The molecule has 152 valence electrons. The average Bonchev–Trinajstić information content (AvgIpc) is 2.75. The summed E-state index contributed by atoms with van der Waals surface area (Å²) in [5.74, 6) is -0.226. The molecule has 0 bridgehead atoms. The van der Waals surface area contributed by atoms with Crippen LogP contribution in [0.1, 0.15) is 26.3 Å². The third-order valence-electron chi connectivity index (χ3n) is 3.97. The maximum atomic E-state index is 12.3. The molecule has 0 fully saturated rings. The highest BCUT2D eigenvalue weighted by atomic mass is 127. The van der Waals surface area contributed by atoms with Gasteiger partial charge in [-0.3, -0.25) is 4.79 Å². The summed E-state index contributed by atoms with van der Waals surface area (Å²) in [5, 5.41) is 4.51. The zero-order valence-electron chi connectivity index (χ0n) is 15.8. The molecule has 0 heterocycles. The summed E-state index contributed by atoms with van der Waals surface area (Å²) >= 11 is 7.92. The Morgan fingerprint density at radius 2 is 1.77 bits per heavy atom. The summed E-state index contributed by atoms with van der Waals surface area (Å²) in [6, 6.07) is 18.5. The van der Waals surface area contributed by atoms with Gasteiger partial charge < -0.3 is 9.47 Å². The molecule has 0 radical (unpaired) electrons. The van der Waals surface area contributed by atoms with E-state index in [1.807, 2.05) is 12.1 Å². The molecule has 8 heteroatoms. The quantitative estimate of drug-likeness (QED) is 0.160. The van der Waals surface area contributed by atoms with Gasteiger partial charge in [0, 0.05) is 8.59 Å². The molecule has 3 aromatic rings. The summed E-state index contributed by atoms with van der Waals surface area (Å²) in [6.45, 7) is 0. The second kappa shape index (κ2) is 10.2. The molecule has 6 nitrogen and oxygen atoms in total. The number of esters is 1. The third kappa shape index (κ3) is 5.58. The predicted octanol–water partition coefficient (Wildman–Crippen LogP) is 4.94. The first-order chi connectivity index (χ1) is 14.5. The lowest BCUT2D eigenvalue weighted by Crippen LogP contribution is -2.18. The fourth-order valence-electron chi connectivity index (χ4n) is 2.46. The number of nitrogens with one attached hydrogen (secondary N) is 1. The minimum Gasteiger partial charge on any atom is -0.493 e. The first-order valence-corrected chi connectivity index (χ1v) is 10.2. The fraction of sp³-hybridized carbons (Fsp3) is 0.0455. The number of hydrogen-bond acceptors (Lipinski definition) is 5. The summed E-state index contributed by atoms with van der Waals surface area (Å²) in [4.78, 5) is 24.5. The van der Waals surface area contributed by atoms with Crippen molar-refractivity contribution < 1.29 is 19.1 Å². The van der Waals surface area contributed by atoms with E-state index < -0.39 is 5.97 Å². The number of carbonyl (C=O) groups is 2. The van der Waals surface area contributed by atoms with E-state index >= 15 is 0 Å². The molecule has 0 aromatic heterocycles. The smallest absolute Gasteiger partial charge is 0.343 e. The lowest BCUT2D eigenvalue weighted by molar-refractivity contribution is 0.0729. The highest BCUT2D eigenvalue weighted by Gasteiger charge is 2.13. The van der Waals surface area contributed by atoms with E-state index in [0.717, 1.165) is 3.57 Å². The Kier molecular flexibility index (Phi) is 7.42. The Morgan fingerprint density at radius 3 is 2.47 bits per heavy atom. The molecule has 0 aliphatic heterocycles. The molecule has 1 N–H and O–H groups in total. The van der Waals surface area contributed by atoms with Gasteiger partial charge in [-0.15, -0.1) is 0 Å². The van der Waals surface area contributed by atoms with E-state index in [-0.39, 0.29) is 11.7 Å². The molecule has 0 unspecified atom stereocenters. The number of halogens is 2. The van der Waals surface area contributed by atoms with Crippen LogP contribution in [0.2, 0.25) is 5.02 Å². The summed E-state index contributed by atoms with van der Waals surface area (Å²) in [7, 11) is 1.47. The number of nitrogens with zero attached hydrogens (tertiary/aromatic N) is 1. The second-order valence-corrected chi connectivity index (χ2v) is 7.58. The molecular weight excluding hydrogens is 519 g/mol. The van der Waals surface area contributed by atoms with E-state index in [2.05, 4.69) is 33.1 Å². The van der Waals surface area contributed by atoms with Crippen LogP contribution in [-0.4, -0.2) is 25.2 Å². The standard InChI is InChI=1S/C22H16ClIN2O4/c1-29-20-12-14(13-25-26-21(27)17-4-2-3-5-18(17)24)6-11-19(20)30-22(28)15-7-9-16(23)10-8-15/h2-13H,1H3,(H,26,27)/b25-13-. The molecule has 0 aliphatic rings. The Bertz CT molecular complexity index is 1100. The van der Waals surface area contributed by atoms with E-state index in [4.69, 9.17) is 21.1 Å². The van der Waals surface area contributed by atoms with E-state index in [1.165, 1.54) is 13.3 Å². The number of methoxy groups -OCH3 is 1. The van der Waals surface area contributed by atoms with Crippen LogP contribution in [0.5, 0.6) is 11.5 Å². The van der Waals surface area contributed by atoms with Gasteiger partial charge >= 0.3 is 5.97 Å². The number of ether oxygens (including phenoxy) is 2. The minimum atomic E-state index is -0.531. The lowest BCUT2D eigenvalue weighted by Gasteiger charge is -2.10. The summed E-state index contributed by atoms with van der Waals surface area (Å²) in [5.41, 5.74) is 4.05. The van der Waals surface area contributed by atoms with Crippen molar-refractivity contribution in [2.24, 2.45) is 5.10 Å². The van der Waals surface area contributed by atoms with Crippen molar-refractivity contribution >= 4 is 52.3 Å². The molecular formula is C22H16ClIN2O4. The van der Waals surface area contributed by atoms with E-state index in [9.17, 15) is 9.59 Å². The fourth-order valence-corrected chi connectivity index (χ4v) is 3.22. The van der Waals surface area contributed by atoms with Gasteiger partial charge in [-0.25, -0.2) is 10.2 Å². The Morgan fingerprint density at radius 1 is 1.03 bits per heavy atom. The first kappa shape index (κ1) is 21.8. The van der Waals surface area contributed by atoms with Gasteiger partial charge in [0.1, 0.15) is 0 Å². The van der Waals surface area contributed by atoms with Crippen LogP contribution in [0.3, 0.4) is 0 Å². The molecule has 0 saturated heterocycles. The lowest BCUT2D eigenvalue weighted by atomic mass is 10.2. The van der Waals surface area contributed by atoms with Crippen LogP contribution in [0.4, 0.5) is 0 Å². The van der Waals surface area contributed by atoms with E-state index in [0.29, 0.717) is 27.5 Å².